The lowest BCUT2D eigenvalue weighted by Crippen LogP contribution is -2.63. The van der Waals surface area contributed by atoms with E-state index >= 15 is 0 Å². The summed E-state index contributed by atoms with van der Waals surface area (Å²) in [6.07, 6.45) is 50.0. The van der Waals surface area contributed by atoms with Crippen molar-refractivity contribution < 1.29 is 42.9 Å². The molecule has 0 radical (unpaired) electrons. The highest BCUT2D eigenvalue weighted by atomic mass is 17.3. The first-order valence-electron chi connectivity index (χ1n) is 33.1. The van der Waals surface area contributed by atoms with E-state index in [2.05, 4.69) is 62.3 Å². The van der Waals surface area contributed by atoms with Crippen LogP contribution < -0.4 is 0 Å². The van der Waals surface area contributed by atoms with Gasteiger partial charge in [0.15, 0.2) is 0 Å². The maximum absolute atomic E-state index is 7.13. The predicted octanol–water partition coefficient (Wildman–Crippen LogP) is 21.0. The molecule has 0 N–H and O–H groups in total. The predicted molar refractivity (Wildman–Crippen MR) is 315 cm³/mol. The first kappa shape index (κ1) is 73.6. The van der Waals surface area contributed by atoms with Crippen LogP contribution in [0.1, 0.15) is 345 Å². The van der Waals surface area contributed by atoms with Gasteiger partial charge in [-0.2, -0.15) is 4.89 Å². The van der Waals surface area contributed by atoms with Crippen LogP contribution in [0.25, 0.3) is 0 Å². The van der Waals surface area contributed by atoms with Crippen molar-refractivity contribution >= 4 is 0 Å². The molecule has 0 spiro atoms. The Morgan fingerprint density at radius 1 is 0.270 bits per heavy atom. The van der Waals surface area contributed by atoms with Crippen LogP contribution in [0.15, 0.2) is 0 Å². The molecule has 0 aromatic rings. The zero-order valence-corrected chi connectivity index (χ0v) is 51.5. The lowest BCUT2D eigenvalue weighted by molar-refractivity contribution is -0.577. The Hall–Kier alpha value is -0.360. The van der Waals surface area contributed by atoms with E-state index in [4.69, 9.17) is 42.9 Å². The van der Waals surface area contributed by atoms with Crippen molar-refractivity contribution in [2.45, 2.75) is 363 Å². The number of rotatable bonds is 64. The average molecular weight is 1060 g/mol. The molecular formula is C65H132O9. The largest absolute Gasteiger partial charge is 0.367 e. The van der Waals surface area contributed by atoms with Crippen LogP contribution >= 0.6 is 0 Å². The molecule has 0 aliphatic rings. The Morgan fingerprint density at radius 2 is 0.568 bits per heavy atom. The number of unbranched alkanes of at least 4 members (excludes halogenated alkanes) is 33. The van der Waals surface area contributed by atoms with E-state index in [-0.39, 0.29) is 0 Å². The van der Waals surface area contributed by atoms with Crippen LogP contribution in [0.3, 0.4) is 0 Å². The topological polar surface area (TPSA) is 83.1 Å². The molecule has 0 aliphatic carbocycles. The fourth-order valence-electron chi connectivity index (χ4n) is 9.45. The van der Waals surface area contributed by atoms with E-state index in [1.807, 2.05) is 0 Å². The molecule has 74 heavy (non-hydrogen) atoms. The summed E-state index contributed by atoms with van der Waals surface area (Å²) in [6.45, 7) is 24.9. The molecule has 4 unspecified atom stereocenters. The van der Waals surface area contributed by atoms with Crippen molar-refractivity contribution in [2.75, 3.05) is 52.9 Å². The summed E-state index contributed by atoms with van der Waals surface area (Å²) < 4.78 is 48.4. The molecular weight excluding hydrogens is 925 g/mol. The molecule has 0 amide bonds. The van der Waals surface area contributed by atoms with Gasteiger partial charge in [0.2, 0.25) is 0 Å². The molecule has 0 heterocycles. The SMILES string of the molecule is CCCCCCCCCCOOC(OCCCCC)(OCCCCCC)C(CCCCCCCCC(OCCCCCCC)(OCCCCCCCC)OCCCCCCCCC)(OCCCC)OCC(C)CC. The second-order valence-corrected chi connectivity index (χ2v) is 22.3. The third-order valence-electron chi connectivity index (χ3n) is 14.9. The Kier molecular flexibility index (Phi) is 55.7. The molecule has 9 nitrogen and oxygen atoms in total. The molecule has 446 valence electrons. The smallest absolute Gasteiger partial charge is 0.343 e. The minimum atomic E-state index is -1.65. The summed E-state index contributed by atoms with van der Waals surface area (Å²) in [4.78, 5) is 12.9. The van der Waals surface area contributed by atoms with Crippen LogP contribution in [0, 0.1) is 5.92 Å². The van der Waals surface area contributed by atoms with Gasteiger partial charge in [-0.25, -0.2) is 4.89 Å². The molecule has 0 saturated heterocycles. The van der Waals surface area contributed by atoms with Crippen LogP contribution in [0.5, 0.6) is 0 Å². The number of ether oxygens (including phenoxy) is 7. The first-order valence-corrected chi connectivity index (χ1v) is 33.1. The molecule has 0 saturated carbocycles. The second-order valence-electron chi connectivity index (χ2n) is 22.3. The summed E-state index contributed by atoms with van der Waals surface area (Å²) in [5, 5.41) is 0. The van der Waals surface area contributed by atoms with Gasteiger partial charge in [-0.15, -0.1) is 0 Å². The van der Waals surface area contributed by atoms with Crippen molar-refractivity contribution in [1.82, 2.24) is 0 Å². The van der Waals surface area contributed by atoms with Crippen LogP contribution in [-0.2, 0) is 42.9 Å². The Labute approximate surface area is 462 Å². The Bertz CT molecular complexity index is 1080. The van der Waals surface area contributed by atoms with Crippen molar-refractivity contribution in [3.63, 3.8) is 0 Å². The van der Waals surface area contributed by atoms with E-state index in [1.54, 1.807) is 0 Å². The fraction of sp³-hybridized carbons (Fsp3) is 1.00. The quantitative estimate of drug-likeness (QED) is 0.0256. The third-order valence-corrected chi connectivity index (χ3v) is 14.9. The summed E-state index contributed by atoms with van der Waals surface area (Å²) in [5.74, 6) is -3.57. The second kappa shape index (κ2) is 55.9. The maximum atomic E-state index is 7.13. The summed E-state index contributed by atoms with van der Waals surface area (Å²) in [7, 11) is 0. The Balaban J connectivity index is 6.36. The normalized spacial score (nSPS) is 14.9. The van der Waals surface area contributed by atoms with Crippen LogP contribution in [0.2, 0.25) is 0 Å². The van der Waals surface area contributed by atoms with Gasteiger partial charge in [0.1, 0.15) is 0 Å². The highest BCUT2D eigenvalue weighted by Crippen LogP contribution is 2.41. The van der Waals surface area contributed by atoms with E-state index < -0.39 is 17.7 Å². The summed E-state index contributed by atoms with van der Waals surface area (Å²) in [5.41, 5.74) is 0. The summed E-state index contributed by atoms with van der Waals surface area (Å²) >= 11 is 0. The lowest BCUT2D eigenvalue weighted by atomic mass is 10.0. The van der Waals surface area contributed by atoms with Gasteiger partial charge in [-0.3, -0.25) is 0 Å². The van der Waals surface area contributed by atoms with Crippen molar-refractivity contribution in [2.24, 2.45) is 5.92 Å². The van der Waals surface area contributed by atoms with Gasteiger partial charge < -0.3 is 33.2 Å². The molecule has 9 heteroatoms. The molecule has 0 fully saturated rings. The molecule has 0 rings (SSSR count). The highest BCUT2D eigenvalue weighted by molar-refractivity contribution is 4.84. The maximum Gasteiger partial charge on any atom is 0.367 e. The van der Waals surface area contributed by atoms with Gasteiger partial charge in [0.25, 0.3) is 11.8 Å². The van der Waals surface area contributed by atoms with Crippen molar-refractivity contribution in [1.29, 1.82) is 0 Å². The first-order chi connectivity index (χ1) is 36.3. The van der Waals surface area contributed by atoms with Gasteiger partial charge in [0.05, 0.1) is 52.9 Å². The minimum Gasteiger partial charge on any atom is -0.343 e. The molecule has 0 aromatic carbocycles. The zero-order valence-electron chi connectivity index (χ0n) is 51.5. The number of hydrogen-bond acceptors (Lipinski definition) is 9. The zero-order chi connectivity index (χ0) is 54.2. The lowest BCUT2D eigenvalue weighted by Gasteiger charge is -2.47. The van der Waals surface area contributed by atoms with Crippen molar-refractivity contribution in [3.8, 4) is 0 Å². The van der Waals surface area contributed by atoms with E-state index in [0.717, 1.165) is 141 Å². The highest BCUT2D eigenvalue weighted by Gasteiger charge is 2.60. The van der Waals surface area contributed by atoms with Gasteiger partial charge in [0, 0.05) is 12.8 Å². The summed E-state index contributed by atoms with van der Waals surface area (Å²) in [6, 6.07) is 0. The molecule has 0 bridgehead atoms. The van der Waals surface area contributed by atoms with E-state index in [0.29, 0.717) is 65.2 Å². The molecule has 0 aromatic heterocycles. The van der Waals surface area contributed by atoms with E-state index in [9.17, 15) is 0 Å². The van der Waals surface area contributed by atoms with Gasteiger partial charge >= 0.3 is 5.97 Å². The van der Waals surface area contributed by atoms with Gasteiger partial charge in [-0.05, 0) is 63.7 Å². The monoisotopic (exact) mass is 1060 g/mol. The van der Waals surface area contributed by atoms with Crippen LogP contribution in [-0.4, -0.2) is 70.6 Å². The average Bonchev–Trinajstić information content (AvgIpc) is 3.41. The number of hydrogen-bond donors (Lipinski definition) is 0. The third kappa shape index (κ3) is 40.8. The van der Waals surface area contributed by atoms with Gasteiger partial charge in [-0.1, -0.05) is 274 Å². The van der Waals surface area contributed by atoms with Crippen molar-refractivity contribution in [3.05, 3.63) is 0 Å². The van der Waals surface area contributed by atoms with Crippen LogP contribution in [0.4, 0.5) is 0 Å². The molecule has 0 aliphatic heterocycles. The Morgan fingerprint density at radius 3 is 0.973 bits per heavy atom. The van der Waals surface area contributed by atoms with E-state index in [1.165, 1.54) is 135 Å². The standard InChI is InChI=1S/C65H132O9/c1-10-18-25-30-33-37-43-51-60-73-74-65(70-58-46-23-15-6,71-59-47-29-22-14-5)63(66-54-24-16-7,72-61-62(9)17-8)52-44-38-34-35-39-45-53-64(67-55-48-40-28-21-13-4,68-56-49-41-32-27-20-12-3)69-57-50-42-36-31-26-19-11-2/h62H,10-61H2,1-9H3. The minimum absolute atomic E-state index is 0.330. The fourth-order valence-corrected chi connectivity index (χ4v) is 9.45. The molecule has 4 atom stereocenters.